The average molecular weight is 494 g/mol. The lowest BCUT2D eigenvalue weighted by Crippen LogP contribution is -2.52. The number of nitrogens with zero attached hydrogens (tertiary/aromatic N) is 2. The van der Waals surface area contributed by atoms with E-state index in [2.05, 4.69) is 5.32 Å². The summed E-state index contributed by atoms with van der Waals surface area (Å²) in [5.74, 6) is -0.747. The van der Waals surface area contributed by atoms with E-state index in [1.165, 1.54) is 4.90 Å². The highest BCUT2D eigenvalue weighted by atomic mass is 35.5. The zero-order valence-electron chi connectivity index (χ0n) is 19.3. The monoisotopic (exact) mass is 493 g/mol. The Bertz CT molecular complexity index is 1030. The topological polar surface area (TPSA) is 86.8 Å². The summed E-state index contributed by atoms with van der Waals surface area (Å²) in [7, 11) is -3.80. The Morgan fingerprint density at radius 3 is 2.30 bits per heavy atom. The van der Waals surface area contributed by atoms with Crippen LogP contribution in [0.1, 0.15) is 32.3 Å². The minimum atomic E-state index is -3.80. The Hall–Kier alpha value is -2.58. The van der Waals surface area contributed by atoms with Crippen molar-refractivity contribution in [1.29, 1.82) is 0 Å². The number of rotatable bonds is 12. The van der Waals surface area contributed by atoms with Crippen molar-refractivity contribution in [2.75, 3.05) is 30.2 Å². The molecule has 0 aliphatic carbocycles. The van der Waals surface area contributed by atoms with E-state index < -0.39 is 28.5 Å². The molecule has 0 heterocycles. The second-order valence-corrected chi connectivity index (χ2v) is 10.2. The summed E-state index contributed by atoms with van der Waals surface area (Å²) < 4.78 is 26.0. The first-order valence-corrected chi connectivity index (χ1v) is 13.2. The van der Waals surface area contributed by atoms with Gasteiger partial charge in [0.15, 0.2) is 0 Å². The number of para-hydroxylation sites is 1. The molecule has 0 bridgehead atoms. The smallest absolute Gasteiger partial charge is 0.244 e. The molecule has 0 saturated heterocycles. The van der Waals surface area contributed by atoms with Gasteiger partial charge in [0.1, 0.15) is 12.6 Å². The van der Waals surface area contributed by atoms with Gasteiger partial charge in [-0.1, -0.05) is 67.4 Å². The van der Waals surface area contributed by atoms with E-state index in [1.807, 2.05) is 37.3 Å². The maximum atomic E-state index is 13.4. The van der Waals surface area contributed by atoms with Crippen LogP contribution in [0.4, 0.5) is 5.69 Å². The maximum absolute atomic E-state index is 13.4. The summed E-state index contributed by atoms with van der Waals surface area (Å²) in [6.45, 7) is 4.02. The molecule has 2 aromatic carbocycles. The standard InChI is InChI=1S/C24H32ClN3O4S/c1-4-5-16-26-24(30)19(2)27(17-15-20-11-7-6-8-12-20)23(29)18-28(33(3,31)32)22-14-10-9-13-21(22)25/h6-14,19H,4-5,15-18H2,1-3H3,(H,26,30). The van der Waals surface area contributed by atoms with E-state index in [0.717, 1.165) is 29.0 Å². The third-order valence-corrected chi connectivity index (χ3v) is 6.73. The number of nitrogens with one attached hydrogen (secondary N) is 1. The summed E-state index contributed by atoms with van der Waals surface area (Å²) in [4.78, 5) is 27.5. The van der Waals surface area contributed by atoms with Crippen LogP contribution >= 0.6 is 11.6 Å². The highest BCUT2D eigenvalue weighted by Gasteiger charge is 2.30. The van der Waals surface area contributed by atoms with Crippen molar-refractivity contribution in [2.24, 2.45) is 0 Å². The number of carbonyl (C=O) groups excluding carboxylic acids is 2. The largest absolute Gasteiger partial charge is 0.354 e. The highest BCUT2D eigenvalue weighted by Crippen LogP contribution is 2.27. The Morgan fingerprint density at radius 2 is 1.70 bits per heavy atom. The first kappa shape index (κ1) is 26.7. The maximum Gasteiger partial charge on any atom is 0.244 e. The molecule has 0 saturated carbocycles. The van der Waals surface area contributed by atoms with E-state index >= 15 is 0 Å². The van der Waals surface area contributed by atoms with Gasteiger partial charge >= 0.3 is 0 Å². The van der Waals surface area contributed by atoms with Crippen molar-refractivity contribution in [2.45, 2.75) is 39.2 Å². The van der Waals surface area contributed by atoms with Crippen molar-refractivity contribution in [1.82, 2.24) is 10.2 Å². The molecule has 2 rings (SSSR count). The van der Waals surface area contributed by atoms with Gasteiger partial charge in [0.2, 0.25) is 21.8 Å². The number of unbranched alkanes of at least 4 members (excludes halogenated alkanes) is 1. The Kier molecular flexibility index (Phi) is 10.2. The number of amides is 2. The third-order valence-electron chi connectivity index (χ3n) is 5.28. The number of sulfonamides is 1. The Morgan fingerprint density at radius 1 is 1.06 bits per heavy atom. The van der Waals surface area contributed by atoms with Crippen LogP contribution in [0, 0.1) is 0 Å². The summed E-state index contributed by atoms with van der Waals surface area (Å²) in [6, 6.07) is 15.3. The molecule has 33 heavy (non-hydrogen) atoms. The van der Waals surface area contributed by atoms with Gasteiger partial charge in [0.05, 0.1) is 17.0 Å². The SMILES string of the molecule is CCCCNC(=O)C(C)N(CCc1ccccc1)C(=O)CN(c1ccccc1Cl)S(C)(=O)=O. The Labute approximate surface area is 201 Å². The number of carbonyl (C=O) groups is 2. The van der Waals surface area contributed by atoms with Crippen LogP contribution in [-0.2, 0) is 26.0 Å². The second kappa shape index (κ2) is 12.6. The lowest BCUT2D eigenvalue weighted by atomic mass is 10.1. The normalized spacial score (nSPS) is 12.1. The van der Waals surface area contributed by atoms with Crippen molar-refractivity contribution in [3.05, 3.63) is 65.2 Å². The first-order valence-electron chi connectivity index (χ1n) is 11.0. The van der Waals surface area contributed by atoms with E-state index in [9.17, 15) is 18.0 Å². The number of hydrogen-bond donors (Lipinski definition) is 1. The molecule has 2 aromatic rings. The molecule has 2 amide bonds. The van der Waals surface area contributed by atoms with Gasteiger partial charge in [0.25, 0.3) is 0 Å². The van der Waals surface area contributed by atoms with Crippen LogP contribution < -0.4 is 9.62 Å². The highest BCUT2D eigenvalue weighted by molar-refractivity contribution is 7.92. The number of hydrogen-bond acceptors (Lipinski definition) is 4. The summed E-state index contributed by atoms with van der Waals surface area (Å²) in [6.07, 6.45) is 3.33. The van der Waals surface area contributed by atoms with Gasteiger partial charge in [0, 0.05) is 13.1 Å². The van der Waals surface area contributed by atoms with E-state index in [0.29, 0.717) is 13.0 Å². The number of halogens is 1. The Balaban J connectivity index is 2.28. The summed E-state index contributed by atoms with van der Waals surface area (Å²) in [5, 5.41) is 3.07. The second-order valence-electron chi connectivity index (χ2n) is 7.86. The van der Waals surface area contributed by atoms with Gasteiger partial charge in [-0.2, -0.15) is 0 Å². The molecule has 1 atom stereocenters. The van der Waals surface area contributed by atoms with Gasteiger partial charge in [-0.3, -0.25) is 13.9 Å². The molecule has 0 radical (unpaired) electrons. The summed E-state index contributed by atoms with van der Waals surface area (Å²) in [5.41, 5.74) is 1.23. The fraction of sp³-hybridized carbons (Fsp3) is 0.417. The van der Waals surface area contributed by atoms with Gasteiger partial charge < -0.3 is 10.2 Å². The van der Waals surface area contributed by atoms with Crippen LogP contribution in [0.2, 0.25) is 5.02 Å². The molecular weight excluding hydrogens is 462 g/mol. The molecule has 180 valence electrons. The van der Waals surface area contributed by atoms with Crippen LogP contribution in [0.3, 0.4) is 0 Å². The molecule has 0 aliphatic rings. The van der Waals surface area contributed by atoms with Crippen LogP contribution in [0.15, 0.2) is 54.6 Å². The first-order chi connectivity index (χ1) is 15.6. The fourth-order valence-corrected chi connectivity index (χ4v) is 4.50. The van der Waals surface area contributed by atoms with E-state index in [1.54, 1.807) is 31.2 Å². The molecule has 7 nitrogen and oxygen atoms in total. The van der Waals surface area contributed by atoms with Crippen molar-refractivity contribution in [3.63, 3.8) is 0 Å². The van der Waals surface area contributed by atoms with Crippen molar-refractivity contribution < 1.29 is 18.0 Å². The molecule has 1 N–H and O–H groups in total. The van der Waals surface area contributed by atoms with Gasteiger partial charge in [-0.25, -0.2) is 8.42 Å². The van der Waals surface area contributed by atoms with Crippen LogP contribution in [0.5, 0.6) is 0 Å². The zero-order valence-corrected chi connectivity index (χ0v) is 20.9. The fourth-order valence-electron chi connectivity index (χ4n) is 3.35. The van der Waals surface area contributed by atoms with Crippen molar-refractivity contribution in [3.8, 4) is 0 Å². The van der Waals surface area contributed by atoms with Crippen LogP contribution in [0.25, 0.3) is 0 Å². The third kappa shape index (κ3) is 8.05. The lowest BCUT2D eigenvalue weighted by molar-refractivity contribution is -0.138. The van der Waals surface area contributed by atoms with E-state index in [4.69, 9.17) is 11.6 Å². The summed E-state index contributed by atoms with van der Waals surface area (Å²) >= 11 is 6.22. The van der Waals surface area contributed by atoms with Crippen LogP contribution in [-0.4, -0.2) is 57.1 Å². The molecule has 9 heteroatoms. The van der Waals surface area contributed by atoms with Gasteiger partial charge in [-0.05, 0) is 37.5 Å². The minimum absolute atomic E-state index is 0.219. The minimum Gasteiger partial charge on any atom is -0.354 e. The number of anilines is 1. The molecule has 1 unspecified atom stereocenters. The lowest BCUT2D eigenvalue weighted by Gasteiger charge is -2.31. The molecular formula is C24H32ClN3O4S. The van der Waals surface area contributed by atoms with Crippen molar-refractivity contribution >= 4 is 39.1 Å². The quantitative estimate of drug-likeness (QED) is 0.458. The van der Waals surface area contributed by atoms with E-state index in [-0.39, 0.29) is 23.2 Å². The molecule has 0 spiro atoms. The predicted octanol–water partition coefficient (Wildman–Crippen LogP) is 3.48. The molecule has 0 fully saturated rings. The average Bonchev–Trinajstić information content (AvgIpc) is 2.78. The molecule has 0 aromatic heterocycles. The molecule has 0 aliphatic heterocycles. The predicted molar refractivity (Wildman–Crippen MR) is 133 cm³/mol. The number of benzene rings is 2. The van der Waals surface area contributed by atoms with Gasteiger partial charge in [-0.15, -0.1) is 0 Å². The zero-order chi connectivity index (χ0) is 24.4.